The number of hydrogen-bond acceptors (Lipinski definition) is 4. The Labute approximate surface area is 111 Å². The summed E-state index contributed by atoms with van der Waals surface area (Å²) >= 11 is 0. The fourth-order valence-electron chi connectivity index (χ4n) is 2.03. The Morgan fingerprint density at radius 2 is 2.16 bits per heavy atom. The van der Waals surface area contributed by atoms with Crippen LogP contribution >= 0.6 is 0 Å². The van der Waals surface area contributed by atoms with Crippen molar-refractivity contribution in [1.29, 1.82) is 0 Å². The number of fused-ring (bicyclic) bond motifs is 1. The lowest BCUT2D eigenvalue weighted by atomic mass is 10.1. The molecule has 5 heteroatoms. The zero-order valence-electron chi connectivity index (χ0n) is 10.5. The van der Waals surface area contributed by atoms with Crippen molar-refractivity contribution in [3.63, 3.8) is 0 Å². The molecular weight excluding hydrogens is 238 g/mol. The lowest BCUT2D eigenvalue weighted by Gasteiger charge is -2.05. The van der Waals surface area contributed by atoms with Crippen LogP contribution < -0.4 is 5.32 Å². The molecule has 0 aliphatic carbocycles. The first-order valence-corrected chi connectivity index (χ1v) is 6.29. The number of rotatable bonds is 5. The Morgan fingerprint density at radius 1 is 1.16 bits per heavy atom. The zero-order chi connectivity index (χ0) is 12.9. The quantitative estimate of drug-likeness (QED) is 0.679. The van der Waals surface area contributed by atoms with Gasteiger partial charge in [0.1, 0.15) is 12.2 Å². The Morgan fingerprint density at radius 3 is 3.05 bits per heavy atom. The summed E-state index contributed by atoms with van der Waals surface area (Å²) in [7, 11) is 0. The molecule has 0 saturated carbocycles. The maximum absolute atomic E-state index is 4.11. The first-order chi connectivity index (χ1) is 9.42. The van der Waals surface area contributed by atoms with Gasteiger partial charge in [-0.1, -0.05) is 12.1 Å². The predicted molar refractivity (Wildman–Crippen MR) is 73.5 cm³/mol. The molecule has 0 saturated heterocycles. The Kier molecular flexibility index (Phi) is 3.47. The van der Waals surface area contributed by atoms with E-state index in [0.29, 0.717) is 0 Å². The first-order valence-electron chi connectivity index (χ1n) is 6.29. The highest BCUT2D eigenvalue weighted by Gasteiger charge is 1.98. The predicted octanol–water partition coefficient (Wildman–Crippen LogP) is 1.69. The Bertz CT molecular complexity index is 648. The molecule has 0 aliphatic rings. The van der Waals surface area contributed by atoms with Gasteiger partial charge in [-0.2, -0.15) is 5.10 Å². The van der Waals surface area contributed by atoms with Crippen molar-refractivity contribution in [3.8, 4) is 0 Å². The van der Waals surface area contributed by atoms with Gasteiger partial charge in [-0.15, -0.1) is 0 Å². The van der Waals surface area contributed by atoms with Crippen molar-refractivity contribution in [3.05, 3.63) is 54.4 Å². The van der Waals surface area contributed by atoms with Crippen LogP contribution in [0.5, 0.6) is 0 Å². The topological polar surface area (TPSA) is 66.5 Å². The molecule has 2 aromatic heterocycles. The fraction of sp³-hybridized carbons (Fsp3) is 0.214. The molecule has 1 aromatic carbocycles. The van der Waals surface area contributed by atoms with Crippen molar-refractivity contribution in [2.45, 2.75) is 13.0 Å². The molecule has 0 bridgehead atoms. The number of nitrogens with one attached hydrogen (secondary N) is 2. The number of aromatic amines is 1. The summed E-state index contributed by atoms with van der Waals surface area (Å²) < 4.78 is 0. The van der Waals surface area contributed by atoms with Crippen molar-refractivity contribution in [2.75, 3.05) is 6.54 Å². The van der Waals surface area contributed by atoms with Gasteiger partial charge >= 0.3 is 0 Å². The van der Waals surface area contributed by atoms with Crippen LogP contribution in [0.4, 0.5) is 0 Å². The first kappa shape index (κ1) is 11.8. The molecule has 0 fully saturated rings. The Hall–Kier alpha value is -2.27. The molecule has 0 radical (unpaired) electrons. The highest BCUT2D eigenvalue weighted by atomic mass is 15.2. The van der Waals surface area contributed by atoms with Gasteiger partial charge in [-0.05, 0) is 23.1 Å². The monoisotopic (exact) mass is 253 g/mol. The summed E-state index contributed by atoms with van der Waals surface area (Å²) in [6.07, 6.45) is 6.10. The lowest BCUT2D eigenvalue weighted by molar-refractivity contribution is 0.672. The van der Waals surface area contributed by atoms with Crippen LogP contribution in [0.1, 0.15) is 11.4 Å². The molecular formula is C14H15N5. The van der Waals surface area contributed by atoms with E-state index in [1.807, 2.05) is 18.5 Å². The number of hydrogen-bond donors (Lipinski definition) is 2. The fourth-order valence-corrected chi connectivity index (χ4v) is 2.03. The molecule has 5 nitrogen and oxygen atoms in total. The van der Waals surface area contributed by atoms with Gasteiger partial charge < -0.3 is 5.32 Å². The van der Waals surface area contributed by atoms with E-state index in [4.69, 9.17) is 0 Å². The summed E-state index contributed by atoms with van der Waals surface area (Å²) in [6, 6.07) is 8.47. The van der Waals surface area contributed by atoms with E-state index in [0.717, 1.165) is 25.3 Å². The molecule has 3 aromatic rings. The SMILES string of the molecule is c1cc2cc(CNCCc3ncn[nH]3)ccc2cn1. The smallest absolute Gasteiger partial charge is 0.137 e. The van der Waals surface area contributed by atoms with E-state index < -0.39 is 0 Å². The lowest BCUT2D eigenvalue weighted by Crippen LogP contribution is -2.17. The van der Waals surface area contributed by atoms with E-state index in [-0.39, 0.29) is 0 Å². The van der Waals surface area contributed by atoms with Crippen LogP contribution in [0.3, 0.4) is 0 Å². The minimum Gasteiger partial charge on any atom is -0.312 e. The van der Waals surface area contributed by atoms with Gasteiger partial charge in [0.25, 0.3) is 0 Å². The van der Waals surface area contributed by atoms with E-state index in [2.05, 4.69) is 43.7 Å². The van der Waals surface area contributed by atoms with E-state index in [1.165, 1.54) is 22.7 Å². The van der Waals surface area contributed by atoms with Crippen LogP contribution in [0.2, 0.25) is 0 Å². The molecule has 0 spiro atoms. The maximum Gasteiger partial charge on any atom is 0.137 e. The van der Waals surface area contributed by atoms with Gasteiger partial charge in [-0.25, -0.2) is 4.98 Å². The minimum absolute atomic E-state index is 0.854. The van der Waals surface area contributed by atoms with Gasteiger partial charge in [0, 0.05) is 37.3 Å². The minimum atomic E-state index is 0.854. The second-order valence-corrected chi connectivity index (χ2v) is 4.42. The van der Waals surface area contributed by atoms with Crippen molar-refractivity contribution >= 4 is 10.8 Å². The van der Waals surface area contributed by atoms with Gasteiger partial charge in [0.05, 0.1) is 0 Å². The number of nitrogens with zero attached hydrogens (tertiary/aromatic N) is 3. The van der Waals surface area contributed by atoms with Crippen LogP contribution in [0.15, 0.2) is 43.0 Å². The molecule has 2 heterocycles. The number of aromatic nitrogens is 4. The van der Waals surface area contributed by atoms with E-state index in [1.54, 1.807) is 0 Å². The second-order valence-electron chi connectivity index (χ2n) is 4.42. The average molecular weight is 253 g/mol. The zero-order valence-corrected chi connectivity index (χ0v) is 10.5. The van der Waals surface area contributed by atoms with Crippen molar-refractivity contribution in [1.82, 2.24) is 25.5 Å². The maximum atomic E-state index is 4.11. The average Bonchev–Trinajstić information content (AvgIpc) is 2.97. The molecule has 0 atom stereocenters. The highest BCUT2D eigenvalue weighted by molar-refractivity contribution is 5.81. The summed E-state index contributed by atoms with van der Waals surface area (Å²) in [4.78, 5) is 8.20. The van der Waals surface area contributed by atoms with Gasteiger partial charge in [-0.3, -0.25) is 10.1 Å². The van der Waals surface area contributed by atoms with E-state index in [9.17, 15) is 0 Å². The summed E-state index contributed by atoms with van der Waals surface area (Å²) in [5.41, 5.74) is 1.27. The van der Waals surface area contributed by atoms with E-state index >= 15 is 0 Å². The molecule has 2 N–H and O–H groups in total. The summed E-state index contributed by atoms with van der Waals surface area (Å²) in [5.74, 6) is 0.914. The molecule has 19 heavy (non-hydrogen) atoms. The molecule has 96 valence electrons. The molecule has 0 aliphatic heterocycles. The van der Waals surface area contributed by atoms with Gasteiger partial charge in [0.2, 0.25) is 0 Å². The molecule has 3 rings (SSSR count). The Balaban J connectivity index is 1.56. The number of H-pyrrole nitrogens is 1. The third-order valence-electron chi connectivity index (χ3n) is 3.04. The molecule has 0 unspecified atom stereocenters. The van der Waals surface area contributed by atoms with Crippen LogP contribution in [0.25, 0.3) is 10.8 Å². The third-order valence-corrected chi connectivity index (χ3v) is 3.04. The number of pyridine rings is 1. The number of benzene rings is 1. The summed E-state index contributed by atoms with van der Waals surface area (Å²) in [6.45, 7) is 1.73. The largest absolute Gasteiger partial charge is 0.312 e. The second kappa shape index (κ2) is 5.58. The standard InChI is InChI=1S/C14H15N5/c1-2-13-9-16-5-3-12(13)7-11(1)8-15-6-4-14-17-10-18-19-14/h1-3,5,7,9-10,15H,4,6,8H2,(H,17,18,19). The van der Waals surface area contributed by atoms with Crippen LogP contribution in [0, 0.1) is 0 Å². The van der Waals surface area contributed by atoms with Crippen LogP contribution in [-0.2, 0) is 13.0 Å². The summed E-state index contributed by atoms with van der Waals surface area (Å²) in [5, 5.41) is 12.5. The van der Waals surface area contributed by atoms with Gasteiger partial charge in [0.15, 0.2) is 0 Å². The van der Waals surface area contributed by atoms with Crippen LogP contribution in [-0.4, -0.2) is 26.7 Å². The normalized spacial score (nSPS) is 10.9. The van der Waals surface area contributed by atoms with Crippen molar-refractivity contribution in [2.24, 2.45) is 0 Å². The third kappa shape index (κ3) is 2.95. The molecule has 0 amide bonds. The highest BCUT2D eigenvalue weighted by Crippen LogP contribution is 2.14. The van der Waals surface area contributed by atoms with Crippen molar-refractivity contribution < 1.29 is 0 Å².